The Balaban J connectivity index is 1.40. The molecule has 1 aliphatic heterocycles. The van der Waals surface area contributed by atoms with Gasteiger partial charge in [-0.2, -0.15) is 0 Å². The molecular weight excluding hydrogens is 528 g/mol. The van der Waals surface area contributed by atoms with Crippen molar-refractivity contribution in [3.8, 4) is 11.3 Å². The summed E-state index contributed by atoms with van der Waals surface area (Å²) >= 11 is 0. The Bertz CT molecular complexity index is 1550. The molecule has 2 N–H and O–H groups in total. The summed E-state index contributed by atoms with van der Waals surface area (Å²) in [4.78, 5) is 33.3. The Hall–Kier alpha value is -4.03. The Morgan fingerprint density at radius 2 is 1.78 bits per heavy atom. The Morgan fingerprint density at radius 1 is 1.02 bits per heavy atom. The number of carbonyl (C=O) groups excluding carboxylic acids is 1. The lowest BCUT2D eigenvalue weighted by atomic mass is 10.1. The summed E-state index contributed by atoms with van der Waals surface area (Å²) in [5, 5.41) is 6.29. The van der Waals surface area contributed by atoms with Gasteiger partial charge in [-0.15, -0.1) is 0 Å². The van der Waals surface area contributed by atoms with E-state index in [0.717, 1.165) is 63.0 Å². The van der Waals surface area contributed by atoms with E-state index in [1.807, 2.05) is 26.2 Å². The summed E-state index contributed by atoms with van der Waals surface area (Å²) < 4.78 is 31.9. The molecule has 1 aliphatic rings. The fourth-order valence-corrected chi connectivity index (χ4v) is 5.37. The van der Waals surface area contributed by atoms with Crippen LogP contribution in [-0.2, 0) is 11.3 Å². The number of carbonyl (C=O) groups is 1. The molecule has 1 saturated heterocycles. The first kappa shape index (κ1) is 28.5. The molecule has 1 aromatic carbocycles. The largest absolute Gasteiger partial charge is 0.388 e. The predicted octanol–water partition coefficient (Wildman–Crippen LogP) is 4.55. The maximum absolute atomic E-state index is 15.1. The third-order valence-corrected chi connectivity index (χ3v) is 7.62. The van der Waals surface area contributed by atoms with Crippen molar-refractivity contribution in [2.45, 2.75) is 39.8 Å². The lowest BCUT2D eigenvalue weighted by Crippen LogP contribution is -2.45. The van der Waals surface area contributed by atoms with E-state index in [0.29, 0.717) is 17.2 Å². The van der Waals surface area contributed by atoms with Crippen molar-refractivity contribution in [3.05, 3.63) is 53.6 Å². The first-order chi connectivity index (χ1) is 19.8. The summed E-state index contributed by atoms with van der Waals surface area (Å²) in [5.41, 5.74) is 2.79. The van der Waals surface area contributed by atoms with Gasteiger partial charge in [-0.05, 0) is 32.5 Å². The van der Waals surface area contributed by atoms with Gasteiger partial charge in [-0.25, -0.2) is 28.7 Å². The van der Waals surface area contributed by atoms with Gasteiger partial charge >= 0.3 is 0 Å². The van der Waals surface area contributed by atoms with E-state index < -0.39 is 11.6 Å². The minimum absolute atomic E-state index is 0.0616. The molecule has 0 amide bonds. The highest BCUT2D eigenvalue weighted by molar-refractivity contribution is 5.83. The van der Waals surface area contributed by atoms with Crippen LogP contribution < -0.4 is 10.6 Å². The smallest absolute Gasteiger partial charge is 0.229 e. The summed E-state index contributed by atoms with van der Waals surface area (Å²) in [6, 6.07) is 4.48. The number of aromatic nitrogens is 5. The highest BCUT2D eigenvalue weighted by atomic mass is 19.1. The molecule has 0 bridgehead atoms. The van der Waals surface area contributed by atoms with E-state index in [4.69, 9.17) is 0 Å². The second kappa shape index (κ2) is 12.2. The summed E-state index contributed by atoms with van der Waals surface area (Å²) in [5.74, 6) is -0.116. The highest BCUT2D eigenvalue weighted by Gasteiger charge is 2.20. The van der Waals surface area contributed by atoms with Crippen molar-refractivity contribution >= 4 is 34.8 Å². The van der Waals surface area contributed by atoms with Crippen molar-refractivity contribution in [2.24, 2.45) is 0 Å². The maximum Gasteiger partial charge on any atom is 0.229 e. The maximum atomic E-state index is 15.1. The first-order valence-electron chi connectivity index (χ1n) is 13.8. The zero-order valence-electron chi connectivity index (χ0n) is 23.8. The molecule has 216 valence electrons. The predicted molar refractivity (Wildman–Crippen MR) is 155 cm³/mol. The van der Waals surface area contributed by atoms with Crippen molar-refractivity contribution in [2.75, 3.05) is 50.4 Å². The number of nitrogens with one attached hydrogen (secondary N) is 2. The molecule has 1 fully saturated rings. The van der Waals surface area contributed by atoms with Crippen LogP contribution in [0.5, 0.6) is 0 Å². The minimum Gasteiger partial charge on any atom is -0.388 e. The van der Waals surface area contributed by atoms with E-state index in [2.05, 4.69) is 47.3 Å². The molecule has 1 atom stereocenters. The number of halogens is 2. The molecule has 4 aromatic rings. The third kappa shape index (κ3) is 6.03. The Morgan fingerprint density at radius 3 is 2.49 bits per heavy atom. The van der Waals surface area contributed by atoms with Crippen LogP contribution in [0.4, 0.5) is 26.2 Å². The van der Waals surface area contributed by atoms with Crippen LogP contribution in [-0.4, -0.2) is 80.4 Å². The van der Waals surface area contributed by atoms with Crippen LogP contribution in [0.3, 0.4) is 0 Å². The lowest BCUT2D eigenvalue weighted by Gasteiger charge is -2.34. The summed E-state index contributed by atoms with van der Waals surface area (Å²) in [6.07, 6.45) is 3.92. The molecule has 4 heterocycles. The number of hydrogen-bond acceptors (Lipinski definition) is 9. The minimum atomic E-state index is -0.694. The number of aldehydes is 1. The van der Waals surface area contributed by atoms with Gasteiger partial charge in [0.1, 0.15) is 29.1 Å². The molecule has 0 spiro atoms. The zero-order valence-corrected chi connectivity index (χ0v) is 23.8. The van der Waals surface area contributed by atoms with E-state index >= 15 is 4.39 Å². The summed E-state index contributed by atoms with van der Waals surface area (Å²) in [7, 11) is 1.86. The monoisotopic (exact) mass is 563 g/mol. The van der Waals surface area contributed by atoms with Gasteiger partial charge in [0.15, 0.2) is 11.6 Å². The van der Waals surface area contributed by atoms with Crippen LogP contribution >= 0.6 is 0 Å². The fraction of sp³-hybridized carbons (Fsp3) is 0.414. The van der Waals surface area contributed by atoms with Crippen LogP contribution in [0.1, 0.15) is 37.7 Å². The van der Waals surface area contributed by atoms with Crippen LogP contribution in [0.25, 0.3) is 22.3 Å². The topological polar surface area (TPSA) is 104 Å². The first-order valence-corrected chi connectivity index (χ1v) is 13.8. The third-order valence-electron chi connectivity index (χ3n) is 7.62. The second-order valence-corrected chi connectivity index (χ2v) is 10.3. The standard InChI is InChI=1S/C29H35F2N9O/c1-5-38-7-9-39(10-8-38)17-21-15-33-26(14-24(21)32-4)36-29-34-16-23(31)27(37-29)20-12-22(30)28-25(13-20)40(19(3)35-28)18(2)6-11-41/h11-16,18H,5-10,17H2,1-4H3,(H2,32,33,34,36,37). The van der Waals surface area contributed by atoms with Crippen molar-refractivity contribution in [1.29, 1.82) is 0 Å². The van der Waals surface area contributed by atoms with Crippen LogP contribution in [0.2, 0.25) is 0 Å². The van der Waals surface area contributed by atoms with E-state index in [1.54, 1.807) is 17.6 Å². The normalized spacial score (nSPS) is 15.3. The molecule has 10 nitrogen and oxygen atoms in total. The Labute approximate surface area is 237 Å². The molecule has 0 radical (unpaired) electrons. The number of likely N-dealkylation sites (N-methyl/N-ethyl adjacent to an activating group) is 1. The second-order valence-electron chi connectivity index (χ2n) is 10.3. The molecule has 0 aliphatic carbocycles. The summed E-state index contributed by atoms with van der Waals surface area (Å²) in [6.45, 7) is 11.8. The number of anilines is 3. The number of nitrogens with zero attached hydrogens (tertiary/aromatic N) is 7. The lowest BCUT2D eigenvalue weighted by molar-refractivity contribution is -0.108. The average molecular weight is 564 g/mol. The van der Waals surface area contributed by atoms with Gasteiger partial charge in [-0.1, -0.05) is 6.92 Å². The van der Waals surface area contributed by atoms with Crippen molar-refractivity contribution in [3.63, 3.8) is 0 Å². The molecular formula is C29H35F2N9O. The van der Waals surface area contributed by atoms with Crippen LogP contribution in [0, 0.1) is 18.6 Å². The number of fused-ring (bicyclic) bond motifs is 1. The Kier molecular flexibility index (Phi) is 8.50. The molecule has 1 unspecified atom stereocenters. The highest BCUT2D eigenvalue weighted by Crippen LogP contribution is 2.31. The van der Waals surface area contributed by atoms with E-state index in [1.165, 1.54) is 6.07 Å². The number of benzene rings is 1. The van der Waals surface area contributed by atoms with Gasteiger partial charge < -0.3 is 24.9 Å². The van der Waals surface area contributed by atoms with Gasteiger partial charge in [0.2, 0.25) is 5.95 Å². The average Bonchev–Trinajstić information content (AvgIpc) is 3.31. The molecule has 41 heavy (non-hydrogen) atoms. The zero-order chi connectivity index (χ0) is 29.1. The fourth-order valence-electron chi connectivity index (χ4n) is 5.37. The number of pyridine rings is 1. The number of aryl methyl sites for hydroxylation is 1. The molecule has 5 rings (SSSR count). The van der Waals surface area contributed by atoms with Gasteiger partial charge in [0.05, 0.1) is 11.7 Å². The van der Waals surface area contributed by atoms with Gasteiger partial charge in [-0.3, -0.25) is 4.90 Å². The number of rotatable bonds is 10. The molecule has 12 heteroatoms. The van der Waals surface area contributed by atoms with Crippen molar-refractivity contribution in [1.82, 2.24) is 34.3 Å². The van der Waals surface area contributed by atoms with Gasteiger partial charge in [0, 0.05) is 81.3 Å². The number of imidazole rings is 1. The van der Waals surface area contributed by atoms with Crippen molar-refractivity contribution < 1.29 is 13.6 Å². The van der Waals surface area contributed by atoms with E-state index in [-0.39, 0.29) is 35.2 Å². The van der Waals surface area contributed by atoms with Gasteiger partial charge in [0.25, 0.3) is 0 Å². The van der Waals surface area contributed by atoms with E-state index in [9.17, 15) is 9.18 Å². The number of piperazine rings is 1. The SMILES string of the molecule is CCN1CCN(Cc2cnc(Nc3ncc(F)c(-c4cc(F)c5nc(C)n(C(C)CC=O)c5c4)n3)cc2NC)CC1. The molecule has 0 saturated carbocycles. The van der Waals surface area contributed by atoms with Crippen LogP contribution in [0.15, 0.2) is 30.6 Å². The number of hydrogen-bond donors (Lipinski definition) is 2. The molecule has 3 aromatic heterocycles. The quantitative estimate of drug-likeness (QED) is 0.269.